The molecule has 1 unspecified atom stereocenters. The van der Waals surface area contributed by atoms with Gasteiger partial charge in [-0.3, -0.25) is 0 Å². The van der Waals surface area contributed by atoms with Crippen molar-refractivity contribution in [3.05, 3.63) is 24.3 Å². The third-order valence-corrected chi connectivity index (χ3v) is 5.34. The summed E-state index contributed by atoms with van der Waals surface area (Å²) >= 11 is 0. The van der Waals surface area contributed by atoms with Crippen LogP contribution >= 0.6 is 0 Å². The van der Waals surface area contributed by atoms with E-state index in [4.69, 9.17) is 9.47 Å². The van der Waals surface area contributed by atoms with Crippen molar-refractivity contribution in [2.24, 2.45) is 5.92 Å². The van der Waals surface area contributed by atoms with Gasteiger partial charge in [0.2, 0.25) is 0 Å². The van der Waals surface area contributed by atoms with E-state index in [1.165, 1.54) is 0 Å². The second kappa shape index (κ2) is 6.45. The molecule has 1 aliphatic rings. The molecule has 0 bridgehead atoms. The molecule has 1 heterocycles. The smallest absolute Gasteiger partial charge is 0.150 e. The average molecular weight is 300 g/mol. The lowest BCUT2D eigenvalue weighted by Crippen LogP contribution is -2.34. The summed E-state index contributed by atoms with van der Waals surface area (Å²) in [7, 11) is -1.30. The highest BCUT2D eigenvalue weighted by Crippen LogP contribution is 2.23. The zero-order valence-corrected chi connectivity index (χ0v) is 12.3. The molecule has 0 amide bonds. The number of methoxy groups -OCH3 is 1. The average Bonchev–Trinajstić information content (AvgIpc) is 2.45. The fourth-order valence-electron chi connectivity index (χ4n) is 2.28. The maximum Gasteiger partial charge on any atom is 0.150 e. The number of hydrogen-bond donors (Lipinski definition) is 1. The first-order valence-corrected chi connectivity index (χ1v) is 8.47. The molecule has 20 heavy (non-hydrogen) atoms. The van der Waals surface area contributed by atoms with Gasteiger partial charge in [-0.05, 0) is 43.0 Å². The minimum absolute atomic E-state index is 0.00299. The summed E-state index contributed by atoms with van der Waals surface area (Å²) < 4.78 is 33.2. The summed E-state index contributed by atoms with van der Waals surface area (Å²) in [6.45, 7) is 0.178. The first-order valence-electron chi connectivity index (χ1n) is 6.65. The van der Waals surface area contributed by atoms with E-state index in [0.29, 0.717) is 18.6 Å². The summed E-state index contributed by atoms with van der Waals surface area (Å²) in [5.74, 6) is 1.73. The van der Waals surface area contributed by atoms with Crippen LogP contribution in [0.1, 0.15) is 12.8 Å². The highest BCUT2D eigenvalue weighted by Gasteiger charge is 2.28. The SMILES string of the molecule is COc1ccc(OCC(O)C2CCS(=O)(=O)CC2)cc1. The molecule has 1 aromatic rings. The zero-order valence-electron chi connectivity index (χ0n) is 11.5. The second-order valence-electron chi connectivity index (χ2n) is 5.04. The first kappa shape index (κ1) is 15.1. The van der Waals surface area contributed by atoms with E-state index in [2.05, 4.69) is 0 Å². The predicted molar refractivity (Wildman–Crippen MR) is 75.9 cm³/mol. The van der Waals surface area contributed by atoms with Crippen LogP contribution in [0.25, 0.3) is 0 Å². The van der Waals surface area contributed by atoms with Crippen LogP contribution in [0, 0.1) is 5.92 Å². The number of ether oxygens (including phenoxy) is 2. The fraction of sp³-hybridized carbons (Fsp3) is 0.571. The van der Waals surface area contributed by atoms with Crippen LogP contribution in [0.15, 0.2) is 24.3 Å². The molecule has 0 aliphatic carbocycles. The van der Waals surface area contributed by atoms with E-state index in [-0.39, 0.29) is 24.0 Å². The van der Waals surface area contributed by atoms with Gasteiger partial charge in [0, 0.05) is 0 Å². The van der Waals surface area contributed by atoms with E-state index in [9.17, 15) is 13.5 Å². The summed E-state index contributed by atoms with van der Waals surface area (Å²) in [5.41, 5.74) is 0. The van der Waals surface area contributed by atoms with E-state index in [1.807, 2.05) is 0 Å². The molecule has 0 radical (unpaired) electrons. The lowest BCUT2D eigenvalue weighted by atomic mass is 9.96. The van der Waals surface area contributed by atoms with E-state index < -0.39 is 15.9 Å². The van der Waals surface area contributed by atoms with E-state index in [0.717, 1.165) is 5.75 Å². The molecule has 1 fully saturated rings. The molecule has 1 atom stereocenters. The molecule has 0 aromatic heterocycles. The van der Waals surface area contributed by atoms with Gasteiger partial charge < -0.3 is 14.6 Å². The summed E-state index contributed by atoms with van der Waals surface area (Å²) in [6, 6.07) is 7.12. The predicted octanol–water partition coefficient (Wildman–Crippen LogP) is 1.26. The first-order chi connectivity index (χ1) is 9.50. The van der Waals surface area contributed by atoms with Crippen molar-refractivity contribution in [1.29, 1.82) is 0 Å². The van der Waals surface area contributed by atoms with Crippen LogP contribution in [0.2, 0.25) is 0 Å². The Hall–Kier alpha value is -1.27. The molecule has 1 N–H and O–H groups in total. The van der Waals surface area contributed by atoms with Crippen molar-refractivity contribution in [3.8, 4) is 11.5 Å². The molecule has 1 saturated heterocycles. The lowest BCUT2D eigenvalue weighted by Gasteiger charge is -2.26. The van der Waals surface area contributed by atoms with E-state index >= 15 is 0 Å². The highest BCUT2D eigenvalue weighted by atomic mass is 32.2. The van der Waals surface area contributed by atoms with Crippen LogP contribution in [0.5, 0.6) is 11.5 Å². The van der Waals surface area contributed by atoms with Gasteiger partial charge in [-0.25, -0.2) is 8.42 Å². The fourth-order valence-corrected chi connectivity index (χ4v) is 3.81. The third-order valence-electron chi connectivity index (χ3n) is 3.62. The van der Waals surface area contributed by atoms with Gasteiger partial charge in [0.05, 0.1) is 24.7 Å². The number of aliphatic hydroxyl groups is 1. The Bertz CT molecular complexity index is 509. The largest absolute Gasteiger partial charge is 0.497 e. The summed E-state index contributed by atoms with van der Waals surface area (Å²) in [6.07, 6.45) is 0.387. The number of rotatable bonds is 5. The summed E-state index contributed by atoms with van der Waals surface area (Å²) in [4.78, 5) is 0. The number of benzene rings is 1. The lowest BCUT2D eigenvalue weighted by molar-refractivity contribution is 0.0528. The second-order valence-corrected chi connectivity index (χ2v) is 7.35. The maximum absolute atomic E-state index is 11.3. The van der Waals surface area contributed by atoms with Gasteiger partial charge in [-0.15, -0.1) is 0 Å². The molecular formula is C14H20O5S. The van der Waals surface area contributed by atoms with Gasteiger partial charge in [0.1, 0.15) is 27.9 Å². The summed E-state index contributed by atoms with van der Waals surface area (Å²) in [5, 5.41) is 10.1. The van der Waals surface area contributed by atoms with Gasteiger partial charge in [-0.1, -0.05) is 0 Å². The van der Waals surface area contributed by atoms with Gasteiger partial charge in [-0.2, -0.15) is 0 Å². The van der Waals surface area contributed by atoms with Crippen molar-refractivity contribution in [2.75, 3.05) is 25.2 Å². The van der Waals surface area contributed by atoms with E-state index in [1.54, 1.807) is 31.4 Å². The van der Waals surface area contributed by atoms with Crippen LogP contribution < -0.4 is 9.47 Å². The van der Waals surface area contributed by atoms with Gasteiger partial charge >= 0.3 is 0 Å². The Morgan fingerprint density at radius 3 is 2.30 bits per heavy atom. The number of hydrogen-bond acceptors (Lipinski definition) is 5. The minimum atomic E-state index is -2.89. The van der Waals surface area contributed by atoms with Crippen molar-refractivity contribution in [2.45, 2.75) is 18.9 Å². The molecule has 112 valence electrons. The number of aliphatic hydroxyl groups excluding tert-OH is 1. The molecular weight excluding hydrogens is 280 g/mol. The van der Waals surface area contributed by atoms with Crippen LogP contribution in [-0.4, -0.2) is 44.9 Å². The van der Waals surface area contributed by atoms with Crippen LogP contribution in [-0.2, 0) is 9.84 Å². The number of sulfone groups is 1. The molecule has 0 saturated carbocycles. The standard InChI is InChI=1S/C14H20O5S/c1-18-12-2-4-13(5-3-12)19-10-14(15)11-6-8-20(16,17)9-7-11/h2-5,11,14-15H,6-10H2,1H3. The normalized spacial score (nSPS) is 20.3. The zero-order chi connectivity index (χ0) is 14.6. The Morgan fingerprint density at radius 2 is 1.75 bits per heavy atom. The molecule has 6 heteroatoms. The van der Waals surface area contributed by atoms with Crippen molar-refractivity contribution in [1.82, 2.24) is 0 Å². The molecule has 5 nitrogen and oxygen atoms in total. The molecule has 1 aliphatic heterocycles. The monoisotopic (exact) mass is 300 g/mol. The third kappa shape index (κ3) is 4.11. The quantitative estimate of drug-likeness (QED) is 0.886. The van der Waals surface area contributed by atoms with Crippen molar-refractivity contribution < 1.29 is 23.0 Å². The van der Waals surface area contributed by atoms with Crippen molar-refractivity contribution in [3.63, 3.8) is 0 Å². The van der Waals surface area contributed by atoms with Gasteiger partial charge in [0.25, 0.3) is 0 Å². The van der Waals surface area contributed by atoms with Crippen molar-refractivity contribution >= 4 is 9.84 Å². The molecule has 0 spiro atoms. The Balaban J connectivity index is 1.81. The van der Waals surface area contributed by atoms with Crippen LogP contribution in [0.3, 0.4) is 0 Å². The molecule has 2 rings (SSSR count). The van der Waals surface area contributed by atoms with Crippen LogP contribution in [0.4, 0.5) is 0 Å². The maximum atomic E-state index is 11.3. The highest BCUT2D eigenvalue weighted by molar-refractivity contribution is 7.91. The van der Waals surface area contributed by atoms with Gasteiger partial charge in [0.15, 0.2) is 0 Å². The Kier molecular flexibility index (Phi) is 4.88. The minimum Gasteiger partial charge on any atom is -0.497 e. The Morgan fingerprint density at radius 1 is 1.20 bits per heavy atom. The Labute approximate surface area is 119 Å². The molecule has 1 aromatic carbocycles. The topological polar surface area (TPSA) is 72.8 Å².